The molecule has 2 N–H and O–H groups in total. The van der Waals surface area contributed by atoms with Crippen LogP contribution in [0.1, 0.15) is 43.6 Å². The van der Waals surface area contributed by atoms with Gasteiger partial charge in [-0.25, -0.2) is 13.8 Å². The van der Waals surface area contributed by atoms with Crippen LogP contribution in [0.4, 0.5) is 8.78 Å². The molecule has 2 heterocycles. The Morgan fingerprint density at radius 2 is 2.29 bits per heavy atom. The molecule has 1 aliphatic carbocycles. The Morgan fingerprint density at radius 3 is 2.96 bits per heavy atom. The van der Waals surface area contributed by atoms with Crippen LogP contribution < -0.4 is 5.32 Å². The number of pyridine rings is 1. The summed E-state index contributed by atoms with van der Waals surface area (Å²) in [6.45, 7) is 3.68. The molecular formula is C16H19F2N5O. The van der Waals surface area contributed by atoms with Crippen molar-refractivity contribution in [3.05, 3.63) is 29.7 Å². The van der Waals surface area contributed by atoms with E-state index in [-0.39, 0.29) is 25.2 Å². The van der Waals surface area contributed by atoms with Crippen molar-refractivity contribution in [3.8, 4) is 11.5 Å². The Kier molecular flexibility index (Phi) is 4.29. The normalized spacial score (nSPS) is 20.8. The number of H-pyrrole nitrogens is 1. The van der Waals surface area contributed by atoms with Gasteiger partial charge in [0.05, 0.1) is 6.04 Å². The molecule has 0 aliphatic heterocycles. The van der Waals surface area contributed by atoms with Gasteiger partial charge < -0.3 is 5.32 Å². The fraction of sp³-hybridized carbons (Fsp3) is 0.500. The van der Waals surface area contributed by atoms with Crippen LogP contribution in [0.2, 0.25) is 0 Å². The van der Waals surface area contributed by atoms with Crippen LogP contribution in [0.15, 0.2) is 18.3 Å². The summed E-state index contributed by atoms with van der Waals surface area (Å²) in [6, 6.07) is 3.28. The number of aryl methyl sites for hydroxylation is 1. The van der Waals surface area contributed by atoms with E-state index in [0.717, 1.165) is 5.56 Å². The second-order valence-corrected chi connectivity index (χ2v) is 6.29. The van der Waals surface area contributed by atoms with Gasteiger partial charge in [0.25, 0.3) is 0 Å². The van der Waals surface area contributed by atoms with Gasteiger partial charge in [0.1, 0.15) is 11.5 Å². The highest BCUT2D eigenvalue weighted by Crippen LogP contribution is 2.39. The summed E-state index contributed by atoms with van der Waals surface area (Å²) in [5.74, 6) is -2.86. The van der Waals surface area contributed by atoms with E-state index in [0.29, 0.717) is 17.3 Å². The maximum atomic E-state index is 13.2. The van der Waals surface area contributed by atoms with Crippen molar-refractivity contribution in [1.82, 2.24) is 25.5 Å². The third-order valence-electron chi connectivity index (χ3n) is 4.19. The fourth-order valence-corrected chi connectivity index (χ4v) is 2.81. The number of carbonyl (C=O) groups excluding carboxylic acids is 1. The van der Waals surface area contributed by atoms with Gasteiger partial charge in [0.2, 0.25) is 11.8 Å². The largest absolute Gasteiger partial charge is 0.346 e. The van der Waals surface area contributed by atoms with Crippen molar-refractivity contribution in [1.29, 1.82) is 0 Å². The van der Waals surface area contributed by atoms with E-state index in [4.69, 9.17) is 0 Å². The monoisotopic (exact) mass is 335 g/mol. The van der Waals surface area contributed by atoms with Crippen molar-refractivity contribution < 1.29 is 13.6 Å². The molecule has 2 aromatic heterocycles. The van der Waals surface area contributed by atoms with Crippen LogP contribution in [-0.2, 0) is 4.79 Å². The van der Waals surface area contributed by atoms with E-state index < -0.39 is 17.9 Å². The molecule has 1 amide bonds. The highest BCUT2D eigenvalue weighted by atomic mass is 19.3. The number of carbonyl (C=O) groups is 1. The van der Waals surface area contributed by atoms with Crippen LogP contribution in [-0.4, -0.2) is 32.0 Å². The summed E-state index contributed by atoms with van der Waals surface area (Å²) in [6.07, 6.45) is 1.26. The van der Waals surface area contributed by atoms with Crippen LogP contribution in [0.5, 0.6) is 0 Å². The van der Waals surface area contributed by atoms with E-state index in [1.807, 2.05) is 19.1 Å². The molecule has 128 valence electrons. The van der Waals surface area contributed by atoms with E-state index in [2.05, 4.69) is 25.5 Å². The second-order valence-electron chi connectivity index (χ2n) is 6.29. The smallest absolute Gasteiger partial charge is 0.248 e. The highest BCUT2D eigenvalue weighted by Gasteiger charge is 2.42. The number of aromatic amines is 1. The zero-order chi connectivity index (χ0) is 17.3. The molecule has 2 aromatic rings. The Bertz CT molecular complexity index is 746. The molecule has 2 unspecified atom stereocenters. The zero-order valence-corrected chi connectivity index (χ0v) is 13.5. The van der Waals surface area contributed by atoms with Gasteiger partial charge in [0.15, 0.2) is 5.82 Å². The molecule has 1 fully saturated rings. The van der Waals surface area contributed by atoms with Crippen molar-refractivity contribution in [3.63, 3.8) is 0 Å². The molecule has 1 aliphatic rings. The lowest BCUT2D eigenvalue weighted by Crippen LogP contribution is -2.32. The first-order valence-electron chi connectivity index (χ1n) is 7.87. The molecule has 0 saturated heterocycles. The van der Waals surface area contributed by atoms with Crippen LogP contribution in [0, 0.1) is 12.8 Å². The summed E-state index contributed by atoms with van der Waals surface area (Å²) in [7, 11) is 0. The molecule has 6 nitrogen and oxygen atoms in total. The minimum atomic E-state index is -2.73. The number of nitrogens with zero attached hydrogens (tertiary/aromatic N) is 3. The SMILES string of the molecule is Cc1ccnc(-c2n[nH]c(C(C)NC(=O)C3CCC(F)(F)C3)n2)c1. The average Bonchev–Trinajstić information content (AvgIpc) is 3.14. The summed E-state index contributed by atoms with van der Waals surface area (Å²) in [4.78, 5) is 20.7. The molecule has 1 saturated carbocycles. The van der Waals surface area contributed by atoms with Crippen molar-refractivity contribution in [2.75, 3.05) is 0 Å². The van der Waals surface area contributed by atoms with Gasteiger partial charge >= 0.3 is 0 Å². The molecule has 3 rings (SSSR count). The summed E-state index contributed by atoms with van der Waals surface area (Å²) < 4.78 is 26.4. The zero-order valence-electron chi connectivity index (χ0n) is 13.5. The lowest BCUT2D eigenvalue weighted by atomic mass is 10.1. The summed E-state index contributed by atoms with van der Waals surface area (Å²) in [5, 5.41) is 9.60. The maximum Gasteiger partial charge on any atom is 0.248 e. The predicted molar refractivity (Wildman–Crippen MR) is 83.2 cm³/mol. The maximum absolute atomic E-state index is 13.2. The Hall–Kier alpha value is -2.38. The first kappa shape index (κ1) is 16.5. The third kappa shape index (κ3) is 3.58. The van der Waals surface area contributed by atoms with Gasteiger partial charge in [-0.2, -0.15) is 5.10 Å². The predicted octanol–water partition coefficient (Wildman–Crippen LogP) is 2.79. The number of hydrogen-bond acceptors (Lipinski definition) is 4. The third-order valence-corrected chi connectivity index (χ3v) is 4.19. The molecule has 0 radical (unpaired) electrons. The Balaban J connectivity index is 1.66. The van der Waals surface area contributed by atoms with E-state index in [1.54, 1.807) is 13.1 Å². The molecule has 24 heavy (non-hydrogen) atoms. The number of amides is 1. The van der Waals surface area contributed by atoms with Gasteiger partial charge in [0, 0.05) is 25.0 Å². The molecule has 0 bridgehead atoms. The van der Waals surface area contributed by atoms with Crippen molar-refractivity contribution >= 4 is 5.91 Å². The van der Waals surface area contributed by atoms with Gasteiger partial charge in [-0.15, -0.1) is 0 Å². The number of nitrogens with one attached hydrogen (secondary N) is 2. The number of hydrogen-bond donors (Lipinski definition) is 2. The van der Waals surface area contributed by atoms with Crippen LogP contribution in [0.25, 0.3) is 11.5 Å². The quantitative estimate of drug-likeness (QED) is 0.900. The molecule has 0 spiro atoms. The summed E-state index contributed by atoms with van der Waals surface area (Å²) >= 11 is 0. The van der Waals surface area contributed by atoms with E-state index in [1.165, 1.54) is 0 Å². The topological polar surface area (TPSA) is 83.6 Å². The number of halogens is 2. The van der Waals surface area contributed by atoms with Crippen LogP contribution >= 0.6 is 0 Å². The first-order chi connectivity index (χ1) is 11.3. The lowest BCUT2D eigenvalue weighted by Gasteiger charge is -2.15. The first-order valence-corrected chi connectivity index (χ1v) is 7.87. The van der Waals surface area contributed by atoms with Gasteiger partial charge in [-0.3, -0.25) is 14.9 Å². The Labute approximate surface area is 138 Å². The van der Waals surface area contributed by atoms with E-state index in [9.17, 15) is 13.6 Å². The number of rotatable bonds is 4. The molecule has 8 heteroatoms. The fourth-order valence-electron chi connectivity index (χ4n) is 2.81. The molecular weight excluding hydrogens is 316 g/mol. The van der Waals surface area contributed by atoms with Gasteiger partial charge in [-0.05, 0) is 38.0 Å². The number of alkyl halides is 2. The van der Waals surface area contributed by atoms with Crippen molar-refractivity contribution in [2.24, 2.45) is 5.92 Å². The highest BCUT2D eigenvalue weighted by molar-refractivity contribution is 5.79. The minimum absolute atomic E-state index is 0.209. The van der Waals surface area contributed by atoms with Gasteiger partial charge in [-0.1, -0.05) is 0 Å². The van der Waals surface area contributed by atoms with Crippen LogP contribution in [0.3, 0.4) is 0 Å². The molecule has 2 atom stereocenters. The van der Waals surface area contributed by atoms with Crippen molar-refractivity contribution in [2.45, 2.75) is 45.1 Å². The van der Waals surface area contributed by atoms with E-state index >= 15 is 0 Å². The standard InChI is InChI=1S/C16H19F2N5O/c1-9-4-6-19-12(7-9)14-21-13(22-23-14)10(2)20-15(24)11-3-5-16(17,18)8-11/h4,6-7,10-11H,3,5,8H2,1-2H3,(H,20,24)(H,21,22,23). The molecule has 0 aromatic carbocycles. The lowest BCUT2D eigenvalue weighted by molar-refractivity contribution is -0.126. The average molecular weight is 335 g/mol. The second kappa shape index (κ2) is 6.26. The number of aromatic nitrogens is 4. The minimum Gasteiger partial charge on any atom is -0.346 e. The summed E-state index contributed by atoms with van der Waals surface area (Å²) in [5.41, 5.74) is 1.67. The Morgan fingerprint density at radius 1 is 1.50 bits per heavy atom.